The fraction of sp³-hybridized carbons (Fsp3) is 0.533. The Hall–Kier alpha value is -3.71. The van der Waals surface area contributed by atoms with Crippen LogP contribution < -0.4 is 14.8 Å². The van der Waals surface area contributed by atoms with Crippen LogP contribution in [0.4, 0.5) is 4.79 Å². The number of urea groups is 1. The lowest BCUT2D eigenvalue weighted by Gasteiger charge is -2.40. The summed E-state index contributed by atoms with van der Waals surface area (Å²) in [4.78, 5) is 49.1. The van der Waals surface area contributed by atoms with Gasteiger partial charge in [0.1, 0.15) is 11.3 Å². The summed E-state index contributed by atoms with van der Waals surface area (Å²) in [5.74, 6) is -4.27. The summed E-state index contributed by atoms with van der Waals surface area (Å²) < 4.78 is 39.6. The molecular formula is C30H39N5O7S. The highest BCUT2D eigenvalue weighted by Crippen LogP contribution is 2.52. The molecule has 232 valence electrons. The molecule has 0 spiro atoms. The maximum Gasteiger partial charge on any atom is 0.380 e. The van der Waals surface area contributed by atoms with Crippen LogP contribution in [0, 0.1) is 5.92 Å². The summed E-state index contributed by atoms with van der Waals surface area (Å²) >= 11 is 0. The third-order valence-electron chi connectivity index (χ3n) is 8.78. The Morgan fingerprint density at radius 1 is 1.19 bits per heavy atom. The van der Waals surface area contributed by atoms with E-state index in [-0.39, 0.29) is 18.7 Å². The van der Waals surface area contributed by atoms with Crippen molar-refractivity contribution in [2.75, 3.05) is 27.2 Å². The minimum absolute atomic E-state index is 0.00514. The highest BCUT2D eigenvalue weighted by Gasteiger charge is 2.68. The average Bonchev–Trinajstić information content (AvgIpc) is 3.91. The molecule has 0 radical (unpaired) electrons. The third kappa shape index (κ3) is 5.55. The van der Waals surface area contributed by atoms with Gasteiger partial charge in [0.2, 0.25) is 10.0 Å². The van der Waals surface area contributed by atoms with Crippen molar-refractivity contribution >= 4 is 38.8 Å². The van der Waals surface area contributed by atoms with E-state index in [1.54, 1.807) is 45.2 Å². The Bertz CT molecular complexity index is 1550. The number of carbonyl (C=O) groups is 3. The number of nitrogens with zero attached hydrogens (tertiary/aromatic N) is 3. The Morgan fingerprint density at radius 3 is 2.63 bits per heavy atom. The third-order valence-corrected chi connectivity index (χ3v) is 10.9. The number of nitrogens with one attached hydrogen (secondary N) is 2. The highest BCUT2D eigenvalue weighted by molar-refractivity contribution is 7.91. The first-order chi connectivity index (χ1) is 20.4. The first kappa shape index (κ1) is 30.7. The van der Waals surface area contributed by atoms with Gasteiger partial charge in [-0.1, -0.05) is 24.3 Å². The fourth-order valence-corrected chi connectivity index (χ4v) is 6.89. The first-order valence-corrected chi connectivity index (χ1v) is 16.1. The molecule has 3 aliphatic rings. The summed E-state index contributed by atoms with van der Waals surface area (Å²) in [6, 6.07) is 8.09. The van der Waals surface area contributed by atoms with E-state index in [0.717, 1.165) is 6.42 Å². The largest absolute Gasteiger partial charge is 0.436 e. The van der Waals surface area contributed by atoms with Crippen LogP contribution in [0.1, 0.15) is 52.4 Å². The molecule has 13 heteroatoms. The van der Waals surface area contributed by atoms with Gasteiger partial charge in [-0.2, -0.15) is 0 Å². The molecule has 1 aliphatic heterocycles. The highest BCUT2D eigenvalue weighted by atomic mass is 32.2. The number of amides is 4. The number of fused-ring (bicyclic) bond motifs is 2. The van der Waals surface area contributed by atoms with Gasteiger partial charge in [0.15, 0.2) is 0 Å². The van der Waals surface area contributed by atoms with Crippen molar-refractivity contribution in [3.8, 4) is 5.75 Å². The quantitative estimate of drug-likeness (QED) is 0.358. The number of carbonyl (C=O) groups excluding carboxylic acids is 3. The van der Waals surface area contributed by atoms with Gasteiger partial charge in [0, 0.05) is 44.7 Å². The van der Waals surface area contributed by atoms with Gasteiger partial charge in [-0.3, -0.25) is 24.6 Å². The number of pyridine rings is 1. The van der Waals surface area contributed by atoms with Crippen LogP contribution in [0.2, 0.25) is 0 Å². The standard InChI is InChI=1S/C30H39N5O7S/c1-5-35-26(37)30(41-4,42-24-15-18-31-23-14-10-9-13-22(23)24)32-27(38)34(3)19-11-7-6-8-12-21-20-29(21,35)25(36)33-43(39,40)28(2)16-17-28/h8-10,12-15,18,21H,5-7,11,16-17,19-20H2,1-4H3,(H,32,38)(H,33,36). The normalized spacial score (nSPS) is 27.6. The van der Waals surface area contributed by atoms with Crippen molar-refractivity contribution in [2.24, 2.45) is 5.92 Å². The molecule has 3 unspecified atom stereocenters. The van der Waals surface area contributed by atoms with Gasteiger partial charge in [-0.15, -0.1) is 0 Å². The molecule has 2 aromatic rings. The average molecular weight is 614 g/mol. The van der Waals surface area contributed by atoms with E-state index in [0.29, 0.717) is 43.1 Å². The predicted octanol–water partition coefficient (Wildman–Crippen LogP) is 2.90. The maximum atomic E-state index is 14.7. The van der Waals surface area contributed by atoms with E-state index in [1.165, 1.54) is 23.1 Å². The van der Waals surface area contributed by atoms with Gasteiger partial charge in [0.05, 0.1) is 10.3 Å². The van der Waals surface area contributed by atoms with Crippen molar-refractivity contribution < 1.29 is 32.3 Å². The summed E-state index contributed by atoms with van der Waals surface area (Å²) in [6.07, 6.45) is 8.63. The molecule has 12 nitrogen and oxygen atoms in total. The maximum absolute atomic E-state index is 14.7. The zero-order valence-corrected chi connectivity index (χ0v) is 25.8. The zero-order valence-electron chi connectivity index (χ0n) is 25.0. The Morgan fingerprint density at radius 2 is 1.93 bits per heavy atom. The van der Waals surface area contributed by atoms with E-state index in [2.05, 4.69) is 15.0 Å². The number of benzene rings is 1. The molecule has 43 heavy (non-hydrogen) atoms. The molecule has 4 amide bonds. The van der Waals surface area contributed by atoms with Gasteiger partial charge < -0.3 is 19.3 Å². The minimum atomic E-state index is -3.99. The number of aromatic nitrogens is 1. The smallest absolute Gasteiger partial charge is 0.380 e. The Kier molecular flexibility index (Phi) is 8.16. The molecule has 1 aromatic heterocycles. The minimum Gasteiger partial charge on any atom is -0.436 e. The van der Waals surface area contributed by atoms with Crippen molar-refractivity contribution in [1.29, 1.82) is 0 Å². The van der Waals surface area contributed by atoms with Crippen molar-refractivity contribution in [3.05, 3.63) is 48.7 Å². The molecule has 2 aliphatic carbocycles. The van der Waals surface area contributed by atoms with Gasteiger partial charge >= 0.3 is 17.8 Å². The molecule has 2 heterocycles. The fourth-order valence-electron chi connectivity index (χ4n) is 5.59. The molecule has 1 aromatic carbocycles. The van der Waals surface area contributed by atoms with E-state index < -0.39 is 50.0 Å². The number of ether oxygens (including phenoxy) is 2. The molecule has 0 bridgehead atoms. The molecular weight excluding hydrogens is 574 g/mol. The second kappa shape index (κ2) is 11.4. The predicted molar refractivity (Wildman–Crippen MR) is 159 cm³/mol. The number of allylic oxidation sites excluding steroid dienone is 1. The van der Waals surface area contributed by atoms with Crippen LogP contribution in [-0.4, -0.2) is 84.5 Å². The molecule has 2 N–H and O–H groups in total. The molecule has 3 atom stereocenters. The van der Waals surface area contributed by atoms with E-state index in [1.807, 2.05) is 18.2 Å². The van der Waals surface area contributed by atoms with Gasteiger partial charge in [-0.25, -0.2) is 13.2 Å². The zero-order chi connectivity index (χ0) is 31.0. The lowest BCUT2D eigenvalue weighted by molar-refractivity contribution is -0.206. The molecule has 0 saturated heterocycles. The SMILES string of the molecule is CCN1C(=O)C(OC)(Oc2ccnc3ccccc23)NC(=O)N(C)CCCCC=CC2CC21C(=O)NS(=O)(=O)C1(C)CC1. The van der Waals surface area contributed by atoms with Crippen LogP contribution in [0.25, 0.3) is 10.9 Å². The van der Waals surface area contributed by atoms with E-state index >= 15 is 0 Å². The number of likely N-dealkylation sites (N-methyl/N-ethyl adjacent to an activating group) is 1. The summed E-state index contributed by atoms with van der Waals surface area (Å²) in [5, 5.41) is 3.22. The second-order valence-electron chi connectivity index (χ2n) is 11.7. The summed E-state index contributed by atoms with van der Waals surface area (Å²) in [5.41, 5.74) is -0.938. The number of sulfonamides is 1. The molecule has 5 rings (SSSR count). The van der Waals surface area contributed by atoms with E-state index in [9.17, 15) is 22.8 Å². The van der Waals surface area contributed by atoms with Crippen LogP contribution in [0.3, 0.4) is 0 Å². The first-order valence-electron chi connectivity index (χ1n) is 14.6. The van der Waals surface area contributed by atoms with Gasteiger partial charge in [0.25, 0.3) is 5.91 Å². The summed E-state index contributed by atoms with van der Waals surface area (Å²) in [6.45, 7) is 3.71. The van der Waals surface area contributed by atoms with Crippen molar-refractivity contribution in [2.45, 2.75) is 68.6 Å². The molecule has 2 fully saturated rings. The number of hydrogen-bond acceptors (Lipinski definition) is 8. The van der Waals surface area contributed by atoms with E-state index in [4.69, 9.17) is 9.47 Å². The Balaban J connectivity index is 1.60. The lowest BCUT2D eigenvalue weighted by atomic mass is 10.1. The van der Waals surface area contributed by atoms with Crippen LogP contribution in [-0.2, 0) is 24.3 Å². The number of methoxy groups -OCH3 is 1. The van der Waals surface area contributed by atoms with Crippen molar-refractivity contribution in [3.63, 3.8) is 0 Å². The Labute approximate surface area is 251 Å². The van der Waals surface area contributed by atoms with Crippen molar-refractivity contribution in [1.82, 2.24) is 24.8 Å². The monoisotopic (exact) mass is 613 g/mol. The summed E-state index contributed by atoms with van der Waals surface area (Å²) in [7, 11) is -1.15. The number of para-hydroxylation sites is 1. The number of rotatable bonds is 7. The lowest BCUT2D eigenvalue weighted by Crippen LogP contribution is -2.69. The topological polar surface area (TPSA) is 147 Å². The van der Waals surface area contributed by atoms with Gasteiger partial charge in [-0.05, 0) is 70.6 Å². The van der Waals surface area contributed by atoms with Crippen LogP contribution in [0.15, 0.2) is 48.7 Å². The second-order valence-corrected chi connectivity index (χ2v) is 13.9. The molecule has 2 saturated carbocycles. The van der Waals surface area contributed by atoms with Crippen LogP contribution >= 0.6 is 0 Å². The van der Waals surface area contributed by atoms with Crippen LogP contribution in [0.5, 0.6) is 5.75 Å². The number of hydrogen-bond donors (Lipinski definition) is 2.